The second-order valence-electron chi connectivity index (χ2n) is 5.33. The maximum Gasteiger partial charge on any atom is 0.242 e. The first-order chi connectivity index (χ1) is 11.5. The van der Waals surface area contributed by atoms with Gasteiger partial charge in [-0.15, -0.1) is 11.3 Å². The average Bonchev–Trinajstić information content (AvgIpc) is 3.17. The fraction of sp³-hybridized carbons (Fsp3) is 0.250. The highest BCUT2D eigenvalue weighted by Gasteiger charge is 2.18. The van der Waals surface area contributed by atoms with Crippen LogP contribution in [0, 0.1) is 12.7 Å². The number of aromatic nitrogens is 4. The third kappa shape index (κ3) is 3.48. The van der Waals surface area contributed by atoms with Crippen LogP contribution in [0.4, 0.5) is 4.39 Å². The second kappa shape index (κ2) is 6.88. The number of aryl methyl sites for hydroxylation is 1. The van der Waals surface area contributed by atoms with Gasteiger partial charge < -0.3 is 5.32 Å². The summed E-state index contributed by atoms with van der Waals surface area (Å²) in [5, 5.41) is 7.41. The summed E-state index contributed by atoms with van der Waals surface area (Å²) in [6.45, 7) is 3.84. The maximum atomic E-state index is 13.9. The number of carbonyl (C=O) groups excluding carboxylic acids is 1. The molecule has 0 aliphatic heterocycles. The molecule has 0 spiro atoms. The lowest BCUT2D eigenvalue weighted by Crippen LogP contribution is -2.30. The van der Waals surface area contributed by atoms with Gasteiger partial charge in [0.25, 0.3) is 0 Å². The number of thiazole rings is 1. The van der Waals surface area contributed by atoms with Gasteiger partial charge in [0.1, 0.15) is 30.0 Å². The summed E-state index contributed by atoms with van der Waals surface area (Å²) in [5.74, 6) is -0.478. The van der Waals surface area contributed by atoms with Gasteiger partial charge in [0.05, 0.1) is 16.6 Å². The van der Waals surface area contributed by atoms with Gasteiger partial charge in [0, 0.05) is 5.56 Å². The van der Waals surface area contributed by atoms with E-state index in [0.717, 1.165) is 10.6 Å². The molecule has 0 aliphatic rings. The molecule has 0 unspecified atom stereocenters. The molecule has 124 valence electrons. The number of hydrogen-bond donors (Lipinski definition) is 1. The van der Waals surface area contributed by atoms with Crippen LogP contribution < -0.4 is 5.32 Å². The molecule has 6 nitrogen and oxygen atoms in total. The summed E-state index contributed by atoms with van der Waals surface area (Å²) in [5.41, 5.74) is 1.25. The van der Waals surface area contributed by atoms with E-state index in [0.29, 0.717) is 10.6 Å². The van der Waals surface area contributed by atoms with Crippen LogP contribution in [0.2, 0.25) is 0 Å². The van der Waals surface area contributed by atoms with Gasteiger partial charge in [-0.05, 0) is 26.0 Å². The molecule has 0 fully saturated rings. The van der Waals surface area contributed by atoms with Crippen molar-refractivity contribution >= 4 is 17.2 Å². The molecule has 8 heteroatoms. The van der Waals surface area contributed by atoms with Crippen LogP contribution in [-0.2, 0) is 11.3 Å². The van der Waals surface area contributed by atoms with Gasteiger partial charge >= 0.3 is 0 Å². The first-order valence-corrected chi connectivity index (χ1v) is 8.20. The van der Waals surface area contributed by atoms with Gasteiger partial charge in [0.15, 0.2) is 0 Å². The molecule has 1 amide bonds. The highest BCUT2D eigenvalue weighted by molar-refractivity contribution is 7.15. The van der Waals surface area contributed by atoms with Crippen LogP contribution in [0.25, 0.3) is 10.6 Å². The van der Waals surface area contributed by atoms with E-state index in [1.165, 1.54) is 34.7 Å². The average molecular weight is 345 g/mol. The highest BCUT2D eigenvalue weighted by Crippen LogP contribution is 2.32. The van der Waals surface area contributed by atoms with E-state index in [1.54, 1.807) is 18.2 Å². The van der Waals surface area contributed by atoms with Crippen LogP contribution in [0.3, 0.4) is 0 Å². The molecule has 0 radical (unpaired) electrons. The number of nitrogens with zero attached hydrogens (tertiary/aromatic N) is 4. The van der Waals surface area contributed by atoms with Gasteiger partial charge in [-0.25, -0.2) is 19.0 Å². The lowest BCUT2D eigenvalue weighted by molar-refractivity contribution is -0.122. The summed E-state index contributed by atoms with van der Waals surface area (Å²) >= 11 is 1.38. The molecule has 0 aliphatic carbocycles. The molecule has 3 aromatic rings. The quantitative estimate of drug-likeness (QED) is 0.772. The van der Waals surface area contributed by atoms with Gasteiger partial charge in [0.2, 0.25) is 5.91 Å². The van der Waals surface area contributed by atoms with Crippen LogP contribution in [0.5, 0.6) is 0 Å². The van der Waals surface area contributed by atoms with Crippen molar-refractivity contribution in [3.63, 3.8) is 0 Å². The third-order valence-corrected chi connectivity index (χ3v) is 4.85. The first kappa shape index (κ1) is 16.3. The van der Waals surface area contributed by atoms with Gasteiger partial charge in [-0.2, -0.15) is 5.10 Å². The third-order valence-electron chi connectivity index (χ3n) is 3.48. The summed E-state index contributed by atoms with van der Waals surface area (Å²) in [4.78, 5) is 21.2. The van der Waals surface area contributed by atoms with Crippen molar-refractivity contribution in [3.8, 4) is 10.6 Å². The number of hydrogen-bond acceptors (Lipinski definition) is 5. The minimum atomic E-state index is -0.305. The van der Waals surface area contributed by atoms with Crippen molar-refractivity contribution in [2.75, 3.05) is 0 Å². The van der Waals surface area contributed by atoms with Crippen LogP contribution in [-0.4, -0.2) is 25.7 Å². The molecule has 1 N–H and O–H groups in total. The number of nitrogens with one attached hydrogen (secondary N) is 1. The monoisotopic (exact) mass is 345 g/mol. The maximum absolute atomic E-state index is 13.9. The molecule has 3 rings (SSSR count). The Morgan fingerprint density at radius 1 is 1.42 bits per heavy atom. The van der Waals surface area contributed by atoms with Crippen molar-refractivity contribution in [1.82, 2.24) is 25.1 Å². The van der Waals surface area contributed by atoms with Crippen molar-refractivity contribution in [2.45, 2.75) is 26.4 Å². The predicted molar refractivity (Wildman–Crippen MR) is 88.8 cm³/mol. The number of amides is 1. The Bertz CT molecular complexity index is 846. The molecular formula is C16H16FN5OS. The Morgan fingerprint density at radius 2 is 2.21 bits per heavy atom. The smallest absolute Gasteiger partial charge is 0.242 e. The van der Waals surface area contributed by atoms with Crippen molar-refractivity contribution < 1.29 is 9.18 Å². The highest BCUT2D eigenvalue weighted by atomic mass is 32.1. The van der Waals surface area contributed by atoms with Crippen LogP contribution >= 0.6 is 11.3 Å². The summed E-state index contributed by atoms with van der Waals surface area (Å²) in [6.07, 6.45) is 2.86. The van der Waals surface area contributed by atoms with Crippen LogP contribution in [0.1, 0.15) is 23.5 Å². The van der Waals surface area contributed by atoms with E-state index >= 15 is 0 Å². The van der Waals surface area contributed by atoms with E-state index in [4.69, 9.17) is 0 Å². The number of benzene rings is 1. The SMILES string of the molecule is Cc1nc(-c2ccccc2F)sc1[C@@H](C)NC(=O)Cn1cncn1. The largest absolute Gasteiger partial charge is 0.347 e. The molecule has 2 heterocycles. The zero-order chi connectivity index (χ0) is 17.1. The fourth-order valence-corrected chi connectivity index (χ4v) is 3.47. The number of rotatable bonds is 5. The Morgan fingerprint density at radius 3 is 2.92 bits per heavy atom. The Hall–Kier alpha value is -2.61. The molecule has 0 saturated heterocycles. The van der Waals surface area contributed by atoms with Crippen molar-refractivity contribution in [2.24, 2.45) is 0 Å². The molecular weight excluding hydrogens is 329 g/mol. The lowest BCUT2D eigenvalue weighted by atomic mass is 10.2. The fourth-order valence-electron chi connectivity index (χ4n) is 2.37. The van der Waals surface area contributed by atoms with E-state index in [1.807, 2.05) is 13.8 Å². The van der Waals surface area contributed by atoms with Crippen LogP contribution in [0.15, 0.2) is 36.9 Å². The standard InChI is InChI=1S/C16H16FN5OS/c1-10(20-14(23)7-22-9-18-8-19-22)15-11(2)21-16(24-15)12-5-3-4-6-13(12)17/h3-6,8-10H,7H2,1-2H3,(H,20,23)/t10-/m1/s1. The van der Waals surface area contributed by atoms with E-state index < -0.39 is 0 Å². The topological polar surface area (TPSA) is 72.7 Å². The molecule has 1 atom stereocenters. The zero-order valence-corrected chi connectivity index (χ0v) is 14.0. The minimum Gasteiger partial charge on any atom is -0.347 e. The molecule has 2 aromatic heterocycles. The first-order valence-electron chi connectivity index (χ1n) is 7.38. The van der Waals surface area contributed by atoms with Crippen molar-refractivity contribution in [1.29, 1.82) is 0 Å². The predicted octanol–water partition coefficient (Wildman–Crippen LogP) is 2.73. The van der Waals surface area contributed by atoms with E-state index in [9.17, 15) is 9.18 Å². The Balaban J connectivity index is 1.75. The minimum absolute atomic E-state index is 0.0996. The Labute approximate surface area is 142 Å². The van der Waals surface area contributed by atoms with Gasteiger partial charge in [-0.1, -0.05) is 12.1 Å². The van der Waals surface area contributed by atoms with E-state index in [-0.39, 0.29) is 24.3 Å². The second-order valence-corrected chi connectivity index (χ2v) is 6.36. The van der Waals surface area contributed by atoms with Crippen molar-refractivity contribution in [3.05, 3.63) is 53.3 Å². The number of halogens is 1. The Kier molecular flexibility index (Phi) is 4.66. The van der Waals surface area contributed by atoms with Gasteiger partial charge in [-0.3, -0.25) is 4.79 Å². The molecule has 24 heavy (non-hydrogen) atoms. The zero-order valence-electron chi connectivity index (χ0n) is 13.2. The van der Waals surface area contributed by atoms with E-state index in [2.05, 4.69) is 20.4 Å². The number of carbonyl (C=O) groups is 1. The molecule has 1 aromatic carbocycles. The summed E-state index contributed by atoms with van der Waals surface area (Å²) < 4.78 is 15.4. The summed E-state index contributed by atoms with van der Waals surface area (Å²) in [7, 11) is 0. The molecule has 0 bridgehead atoms. The molecule has 0 saturated carbocycles. The lowest BCUT2D eigenvalue weighted by Gasteiger charge is -2.12. The normalized spacial score (nSPS) is 12.1. The summed E-state index contributed by atoms with van der Waals surface area (Å²) in [6, 6.07) is 6.31.